The molecule has 2 heteroatoms. The monoisotopic (exact) mass is 240 g/mol. The van der Waals surface area contributed by atoms with Crippen molar-refractivity contribution in [2.45, 2.75) is 78.7 Å². The molecule has 0 saturated heterocycles. The maximum atomic E-state index is 11.7. The molecule has 2 nitrogen and oxygen atoms in total. The maximum Gasteiger partial charge on any atom is 0.306 e. The largest absolute Gasteiger partial charge is 0.462 e. The summed E-state index contributed by atoms with van der Waals surface area (Å²) in [6, 6.07) is 0. The van der Waals surface area contributed by atoms with E-state index < -0.39 is 0 Å². The number of carbonyl (C=O) groups excluding carboxylic acids is 1. The number of unbranched alkanes of at least 4 members (excludes halogenated alkanes) is 2. The predicted octanol–water partition coefficient (Wildman–Crippen LogP) is 4.32. The van der Waals surface area contributed by atoms with Crippen molar-refractivity contribution < 1.29 is 9.53 Å². The minimum Gasteiger partial charge on any atom is -0.462 e. The normalized spacial score (nSPS) is 27.8. The standard InChI is InChI=1S/C15H28O2/c1-5-6-7-8-14(16)17-13-10-9-12(2)11-15(13,3)4/h12-13H,5-11H2,1-4H3. The summed E-state index contributed by atoms with van der Waals surface area (Å²) in [5, 5.41) is 0. The first-order valence-corrected chi connectivity index (χ1v) is 7.15. The van der Waals surface area contributed by atoms with Gasteiger partial charge in [-0.2, -0.15) is 0 Å². The Bertz CT molecular complexity index is 245. The van der Waals surface area contributed by atoms with Crippen LogP contribution in [0.3, 0.4) is 0 Å². The van der Waals surface area contributed by atoms with Crippen molar-refractivity contribution in [3.8, 4) is 0 Å². The van der Waals surface area contributed by atoms with Crippen LogP contribution in [0, 0.1) is 11.3 Å². The number of carbonyl (C=O) groups is 1. The van der Waals surface area contributed by atoms with Crippen LogP contribution in [0.1, 0.15) is 72.6 Å². The first-order valence-electron chi connectivity index (χ1n) is 7.15. The second-order valence-electron chi connectivity index (χ2n) is 6.31. The second-order valence-corrected chi connectivity index (χ2v) is 6.31. The predicted molar refractivity (Wildman–Crippen MR) is 70.8 cm³/mol. The van der Waals surface area contributed by atoms with E-state index in [2.05, 4.69) is 27.7 Å². The van der Waals surface area contributed by atoms with Crippen LogP contribution in [-0.2, 0) is 9.53 Å². The fourth-order valence-electron chi connectivity index (χ4n) is 2.91. The van der Waals surface area contributed by atoms with Gasteiger partial charge in [0.05, 0.1) is 0 Å². The molecular weight excluding hydrogens is 212 g/mol. The smallest absolute Gasteiger partial charge is 0.306 e. The van der Waals surface area contributed by atoms with E-state index in [1.807, 2.05) is 0 Å². The van der Waals surface area contributed by atoms with Gasteiger partial charge in [-0.25, -0.2) is 0 Å². The quantitative estimate of drug-likeness (QED) is 0.528. The fourth-order valence-corrected chi connectivity index (χ4v) is 2.91. The third kappa shape index (κ3) is 4.69. The van der Waals surface area contributed by atoms with Crippen LogP contribution in [0.2, 0.25) is 0 Å². The van der Waals surface area contributed by atoms with E-state index in [1.165, 1.54) is 12.8 Å². The highest BCUT2D eigenvalue weighted by Gasteiger charge is 2.37. The van der Waals surface area contributed by atoms with Gasteiger partial charge >= 0.3 is 5.97 Å². The Morgan fingerprint density at radius 2 is 2.00 bits per heavy atom. The van der Waals surface area contributed by atoms with Crippen molar-refractivity contribution in [2.24, 2.45) is 11.3 Å². The summed E-state index contributed by atoms with van der Waals surface area (Å²) in [7, 11) is 0. The zero-order valence-electron chi connectivity index (χ0n) is 11.9. The molecule has 0 spiro atoms. The fraction of sp³-hybridized carbons (Fsp3) is 0.933. The van der Waals surface area contributed by atoms with Gasteiger partial charge in [0.2, 0.25) is 0 Å². The van der Waals surface area contributed by atoms with Gasteiger partial charge < -0.3 is 4.74 Å². The average molecular weight is 240 g/mol. The third-order valence-electron chi connectivity index (χ3n) is 3.93. The Balaban J connectivity index is 2.37. The number of rotatable bonds is 5. The Morgan fingerprint density at radius 3 is 2.59 bits per heavy atom. The van der Waals surface area contributed by atoms with Crippen molar-refractivity contribution >= 4 is 5.97 Å². The molecule has 0 aliphatic heterocycles. The molecule has 0 aromatic rings. The van der Waals surface area contributed by atoms with Crippen LogP contribution < -0.4 is 0 Å². The summed E-state index contributed by atoms with van der Waals surface area (Å²) in [4.78, 5) is 11.7. The Hall–Kier alpha value is -0.530. The van der Waals surface area contributed by atoms with E-state index >= 15 is 0 Å². The number of hydrogen-bond acceptors (Lipinski definition) is 2. The van der Waals surface area contributed by atoms with Gasteiger partial charge in [0.15, 0.2) is 0 Å². The molecule has 100 valence electrons. The summed E-state index contributed by atoms with van der Waals surface area (Å²) < 4.78 is 5.66. The summed E-state index contributed by atoms with van der Waals surface area (Å²) in [5.41, 5.74) is 0.151. The second kappa shape index (κ2) is 6.42. The summed E-state index contributed by atoms with van der Waals surface area (Å²) in [5.74, 6) is 0.770. The van der Waals surface area contributed by atoms with E-state index in [-0.39, 0.29) is 17.5 Å². The molecule has 0 aromatic carbocycles. The topological polar surface area (TPSA) is 26.3 Å². The number of esters is 1. The maximum absolute atomic E-state index is 11.7. The Morgan fingerprint density at radius 1 is 1.29 bits per heavy atom. The lowest BCUT2D eigenvalue weighted by molar-refractivity contribution is -0.159. The molecule has 1 aliphatic carbocycles. The molecule has 0 aromatic heterocycles. The van der Waals surface area contributed by atoms with Gasteiger partial charge in [-0.1, -0.05) is 40.5 Å². The first-order chi connectivity index (χ1) is 7.95. The molecule has 2 unspecified atom stereocenters. The molecule has 0 amide bonds. The molecule has 0 bridgehead atoms. The minimum absolute atomic E-state index is 0.00563. The Labute approximate surface area is 106 Å². The van der Waals surface area contributed by atoms with Crippen molar-refractivity contribution in [3.05, 3.63) is 0 Å². The van der Waals surface area contributed by atoms with Crippen LogP contribution in [-0.4, -0.2) is 12.1 Å². The lowest BCUT2D eigenvalue weighted by Crippen LogP contribution is -2.39. The van der Waals surface area contributed by atoms with Crippen LogP contribution in [0.4, 0.5) is 0 Å². The van der Waals surface area contributed by atoms with Crippen LogP contribution in [0.5, 0.6) is 0 Å². The zero-order chi connectivity index (χ0) is 12.9. The SMILES string of the molecule is CCCCCC(=O)OC1CCC(C)CC1(C)C. The van der Waals surface area contributed by atoms with Gasteiger partial charge in [-0.3, -0.25) is 4.79 Å². The molecule has 0 N–H and O–H groups in total. The first kappa shape index (κ1) is 14.5. The lowest BCUT2D eigenvalue weighted by Gasteiger charge is -2.40. The highest BCUT2D eigenvalue weighted by molar-refractivity contribution is 5.69. The molecular formula is C15H28O2. The van der Waals surface area contributed by atoms with Crippen molar-refractivity contribution in [1.29, 1.82) is 0 Å². The van der Waals surface area contributed by atoms with Crippen molar-refractivity contribution in [3.63, 3.8) is 0 Å². The highest BCUT2D eigenvalue weighted by Crippen LogP contribution is 2.40. The minimum atomic E-state index is 0.00563. The van der Waals surface area contributed by atoms with Gasteiger partial charge in [-0.15, -0.1) is 0 Å². The molecule has 1 aliphatic rings. The van der Waals surface area contributed by atoms with Gasteiger partial charge in [0.1, 0.15) is 6.10 Å². The van der Waals surface area contributed by atoms with Gasteiger partial charge in [0, 0.05) is 11.8 Å². The van der Waals surface area contributed by atoms with Crippen LogP contribution >= 0.6 is 0 Å². The van der Waals surface area contributed by atoms with E-state index in [0.717, 1.165) is 31.6 Å². The number of hydrogen-bond donors (Lipinski definition) is 0. The molecule has 0 heterocycles. The molecule has 0 radical (unpaired) electrons. The van der Waals surface area contributed by atoms with Gasteiger partial charge in [0.25, 0.3) is 0 Å². The molecule has 1 saturated carbocycles. The molecule has 17 heavy (non-hydrogen) atoms. The molecule has 1 rings (SSSR count). The van der Waals surface area contributed by atoms with Crippen LogP contribution in [0.15, 0.2) is 0 Å². The molecule has 2 atom stereocenters. The lowest BCUT2D eigenvalue weighted by atomic mass is 9.70. The highest BCUT2D eigenvalue weighted by atomic mass is 16.5. The zero-order valence-corrected chi connectivity index (χ0v) is 11.9. The summed E-state index contributed by atoms with van der Waals surface area (Å²) >= 11 is 0. The third-order valence-corrected chi connectivity index (χ3v) is 3.93. The van der Waals surface area contributed by atoms with Crippen molar-refractivity contribution in [2.75, 3.05) is 0 Å². The van der Waals surface area contributed by atoms with E-state index in [9.17, 15) is 4.79 Å². The van der Waals surface area contributed by atoms with E-state index in [0.29, 0.717) is 6.42 Å². The summed E-state index contributed by atoms with van der Waals surface area (Å²) in [6.07, 6.45) is 7.37. The van der Waals surface area contributed by atoms with E-state index in [4.69, 9.17) is 4.74 Å². The summed E-state index contributed by atoms with van der Waals surface area (Å²) in [6.45, 7) is 8.90. The Kier molecular flexibility index (Phi) is 5.48. The number of ether oxygens (including phenoxy) is 1. The molecule has 1 fully saturated rings. The van der Waals surface area contributed by atoms with Crippen LogP contribution in [0.25, 0.3) is 0 Å². The van der Waals surface area contributed by atoms with E-state index in [1.54, 1.807) is 0 Å². The van der Waals surface area contributed by atoms with Gasteiger partial charge in [-0.05, 0) is 31.6 Å². The average Bonchev–Trinajstić information content (AvgIpc) is 2.22. The van der Waals surface area contributed by atoms with Crippen molar-refractivity contribution in [1.82, 2.24) is 0 Å².